The van der Waals surface area contributed by atoms with E-state index in [1.807, 2.05) is 24.3 Å². The fraction of sp³-hybridized carbons (Fsp3) is 0.185. The van der Waals surface area contributed by atoms with Gasteiger partial charge in [0.05, 0.1) is 17.7 Å². The molecule has 4 nitrogen and oxygen atoms in total. The molecular formula is C27H25F3N2O2S. The number of alkyl halides is 3. The summed E-state index contributed by atoms with van der Waals surface area (Å²) in [6, 6.07) is 20.4. The van der Waals surface area contributed by atoms with Gasteiger partial charge < -0.3 is 5.11 Å². The van der Waals surface area contributed by atoms with E-state index in [0.717, 1.165) is 10.5 Å². The number of nitrogens with one attached hydrogen (secondary N) is 1. The number of nitrogens with zero attached hydrogens (tertiary/aromatic N) is 1. The van der Waals surface area contributed by atoms with E-state index in [9.17, 15) is 18.0 Å². The lowest BCUT2D eigenvalue weighted by molar-refractivity contribution is -0.137. The lowest BCUT2D eigenvalue weighted by Gasteiger charge is -2.15. The first-order chi connectivity index (χ1) is 16.7. The Morgan fingerprint density at radius 2 is 1.69 bits per heavy atom. The second kappa shape index (κ2) is 11.9. The van der Waals surface area contributed by atoms with Crippen molar-refractivity contribution in [1.82, 2.24) is 4.72 Å². The molecule has 182 valence electrons. The van der Waals surface area contributed by atoms with Crippen molar-refractivity contribution >= 4 is 29.2 Å². The van der Waals surface area contributed by atoms with Gasteiger partial charge in [0.25, 0.3) is 0 Å². The number of halogens is 3. The first-order valence-corrected chi connectivity index (χ1v) is 11.6. The number of carboxylic acid groups (broad SMARTS) is 1. The fourth-order valence-corrected chi connectivity index (χ4v) is 4.09. The molecule has 0 fully saturated rings. The molecule has 0 aliphatic heterocycles. The molecule has 0 unspecified atom stereocenters. The van der Waals surface area contributed by atoms with Crippen LogP contribution in [0.25, 0.3) is 16.7 Å². The lowest BCUT2D eigenvalue weighted by Crippen LogP contribution is -2.10. The van der Waals surface area contributed by atoms with E-state index in [1.165, 1.54) is 24.1 Å². The summed E-state index contributed by atoms with van der Waals surface area (Å²) in [5, 5.41) is 8.69. The quantitative estimate of drug-likeness (QED) is 0.190. The monoisotopic (exact) mass is 498 g/mol. The maximum Gasteiger partial charge on any atom is 0.417 e. The Hall–Kier alpha value is -3.36. The number of aliphatic imine (C=N–C) groups is 1. The van der Waals surface area contributed by atoms with E-state index in [1.54, 1.807) is 56.4 Å². The highest BCUT2D eigenvalue weighted by Crippen LogP contribution is 2.38. The summed E-state index contributed by atoms with van der Waals surface area (Å²) >= 11 is 1.33. The Morgan fingerprint density at radius 1 is 1.03 bits per heavy atom. The molecule has 0 spiro atoms. The van der Waals surface area contributed by atoms with Gasteiger partial charge in [-0.2, -0.15) is 13.2 Å². The van der Waals surface area contributed by atoms with Crippen LogP contribution in [0.5, 0.6) is 0 Å². The van der Waals surface area contributed by atoms with Gasteiger partial charge in [-0.1, -0.05) is 54.6 Å². The average Bonchev–Trinajstić information content (AvgIpc) is 2.85. The first-order valence-electron chi connectivity index (χ1n) is 10.8. The molecule has 0 radical (unpaired) electrons. The summed E-state index contributed by atoms with van der Waals surface area (Å²) in [4.78, 5) is 15.8. The minimum atomic E-state index is -4.49. The second-order valence-electron chi connectivity index (χ2n) is 7.72. The molecule has 0 atom stereocenters. The molecule has 3 aromatic rings. The van der Waals surface area contributed by atoms with Crippen molar-refractivity contribution in [3.8, 4) is 11.1 Å². The molecule has 0 aromatic heterocycles. The summed E-state index contributed by atoms with van der Waals surface area (Å²) in [7, 11) is 1.63. The highest BCUT2D eigenvalue weighted by Gasteiger charge is 2.34. The average molecular weight is 499 g/mol. The lowest BCUT2D eigenvalue weighted by atomic mass is 9.94. The van der Waals surface area contributed by atoms with E-state index >= 15 is 0 Å². The van der Waals surface area contributed by atoms with E-state index in [-0.39, 0.29) is 12.0 Å². The molecule has 0 heterocycles. The highest BCUT2D eigenvalue weighted by molar-refractivity contribution is 7.97. The summed E-state index contributed by atoms with van der Waals surface area (Å²) in [6.07, 6.45) is -2.69. The van der Waals surface area contributed by atoms with Gasteiger partial charge in [0.15, 0.2) is 0 Å². The smallest absolute Gasteiger partial charge is 0.417 e. The molecule has 8 heteroatoms. The van der Waals surface area contributed by atoms with Gasteiger partial charge in [0, 0.05) is 18.5 Å². The number of hydrogen-bond acceptors (Lipinski definition) is 4. The number of carbonyl (C=O) groups is 1. The summed E-state index contributed by atoms with van der Waals surface area (Å²) in [5.41, 5.74) is 2.55. The van der Waals surface area contributed by atoms with Crippen LogP contribution < -0.4 is 4.72 Å². The van der Waals surface area contributed by atoms with E-state index in [4.69, 9.17) is 5.11 Å². The molecular weight excluding hydrogens is 473 g/mol. The van der Waals surface area contributed by atoms with Crippen molar-refractivity contribution in [3.05, 3.63) is 95.6 Å². The van der Waals surface area contributed by atoms with Crippen LogP contribution >= 0.6 is 11.9 Å². The molecule has 0 amide bonds. The van der Waals surface area contributed by atoms with Crippen LogP contribution in [-0.4, -0.2) is 30.4 Å². The predicted molar refractivity (Wildman–Crippen MR) is 136 cm³/mol. The van der Waals surface area contributed by atoms with Crippen LogP contribution in [0.4, 0.5) is 13.2 Å². The van der Waals surface area contributed by atoms with Crippen molar-refractivity contribution in [2.75, 3.05) is 13.6 Å². The van der Waals surface area contributed by atoms with E-state index < -0.39 is 17.7 Å². The van der Waals surface area contributed by atoms with Crippen LogP contribution in [0, 0.1) is 0 Å². The minimum Gasteiger partial charge on any atom is -0.481 e. The van der Waals surface area contributed by atoms with Gasteiger partial charge in [0.1, 0.15) is 0 Å². The van der Waals surface area contributed by atoms with Crippen molar-refractivity contribution in [3.63, 3.8) is 0 Å². The first kappa shape index (κ1) is 26.2. The van der Waals surface area contributed by atoms with Gasteiger partial charge in [-0.25, -0.2) is 0 Å². The summed E-state index contributed by atoms with van der Waals surface area (Å²) in [5.74, 6) is -0.864. The molecule has 0 saturated heterocycles. The summed E-state index contributed by atoms with van der Waals surface area (Å²) in [6.45, 7) is 2.10. The van der Waals surface area contributed by atoms with Crippen LogP contribution in [0.2, 0.25) is 0 Å². The zero-order valence-electron chi connectivity index (χ0n) is 19.3. The number of hydrogen-bond donors (Lipinski definition) is 2. The normalized spacial score (nSPS) is 12.6. The van der Waals surface area contributed by atoms with E-state index in [0.29, 0.717) is 29.0 Å². The zero-order valence-corrected chi connectivity index (χ0v) is 20.1. The number of rotatable bonds is 9. The van der Waals surface area contributed by atoms with Gasteiger partial charge in [-0.05, 0) is 71.0 Å². The molecule has 0 aliphatic rings. The number of aliphatic carboxylic acids is 1. The van der Waals surface area contributed by atoms with E-state index in [2.05, 4.69) is 9.71 Å². The fourth-order valence-electron chi connectivity index (χ4n) is 3.44. The molecule has 3 aromatic carbocycles. The van der Waals surface area contributed by atoms with Gasteiger partial charge >= 0.3 is 12.1 Å². The molecule has 2 N–H and O–H groups in total. The van der Waals surface area contributed by atoms with Crippen LogP contribution in [0.1, 0.15) is 30.0 Å². The topological polar surface area (TPSA) is 61.7 Å². The summed E-state index contributed by atoms with van der Waals surface area (Å²) < 4.78 is 44.6. The Bertz CT molecular complexity index is 1220. The Labute approximate surface area is 206 Å². The number of carboxylic acids is 1. The third-order valence-electron chi connectivity index (χ3n) is 5.24. The van der Waals surface area contributed by atoms with Crippen molar-refractivity contribution < 1.29 is 23.1 Å². The minimum absolute atomic E-state index is 0.0319. The Morgan fingerprint density at radius 3 is 2.29 bits per heavy atom. The van der Waals surface area contributed by atoms with Gasteiger partial charge in [-0.3, -0.25) is 14.5 Å². The third kappa shape index (κ3) is 7.31. The molecule has 3 rings (SSSR count). The number of benzene rings is 3. The molecule has 35 heavy (non-hydrogen) atoms. The zero-order chi connectivity index (χ0) is 25.4. The third-order valence-corrected chi connectivity index (χ3v) is 6.10. The highest BCUT2D eigenvalue weighted by atomic mass is 32.2. The van der Waals surface area contributed by atoms with Crippen LogP contribution in [-0.2, 0) is 11.0 Å². The van der Waals surface area contributed by atoms with Crippen molar-refractivity contribution in [1.29, 1.82) is 0 Å². The molecule has 0 aliphatic carbocycles. The predicted octanol–water partition coefficient (Wildman–Crippen LogP) is 6.97. The van der Waals surface area contributed by atoms with Crippen molar-refractivity contribution in [2.24, 2.45) is 4.99 Å². The van der Waals surface area contributed by atoms with Gasteiger partial charge in [-0.15, -0.1) is 0 Å². The van der Waals surface area contributed by atoms with Crippen LogP contribution in [0.15, 0.2) is 88.8 Å². The van der Waals surface area contributed by atoms with Gasteiger partial charge in [0.2, 0.25) is 0 Å². The molecule has 0 bridgehead atoms. The second-order valence-corrected chi connectivity index (χ2v) is 8.69. The van der Waals surface area contributed by atoms with Crippen LogP contribution in [0.3, 0.4) is 0 Å². The standard InChI is InChI=1S/C27H25F3N2O2S/c1-18(16-25(31-2)20-8-11-22(12-9-20)35-32-15-14-26(33)34)21-10-13-23(19-6-4-3-5-7-19)24(17-21)27(28,29)30/h3-13,16-17,32H,14-15H2,1-2H3,(H,33,34)/b18-16+,31-25?. The SMILES string of the molecule is CN=C(/C=C(\C)c1ccc(-c2ccccc2)c(C(F)(F)F)c1)c1ccc(SNCCC(=O)O)cc1. The Kier molecular flexibility index (Phi) is 8.89. The maximum atomic E-state index is 13.9. The van der Waals surface area contributed by atoms with Crippen molar-refractivity contribution in [2.45, 2.75) is 24.4 Å². The maximum absolute atomic E-state index is 13.9. The molecule has 0 saturated carbocycles. The number of allylic oxidation sites excluding steroid dienone is 2. The Balaban J connectivity index is 1.83. The largest absolute Gasteiger partial charge is 0.481 e.